The van der Waals surface area contributed by atoms with E-state index in [0.717, 1.165) is 24.2 Å². The largest absolute Gasteiger partial charge is 0.384 e. The molecule has 1 amide bonds. The third-order valence-electron chi connectivity index (χ3n) is 4.89. The predicted octanol–water partition coefficient (Wildman–Crippen LogP) is 1.49. The summed E-state index contributed by atoms with van der Waals surface area (Å²) < 4.78 is 27.3. The van der Waals surface area contributed by atoms with Gasteiger partial charge in [-0.2, -0.15) is 0 Å². The number of hydrogen-bond acceptors (Lipinski definition) is 10. The van der Waals surface area contributed by atoms with Gasteiger partial charge in [0.05, 0.1) is 64.1 Å². The van der Waals surface area contributed by atoms with Gasteiger partial charge < -0.3 is 40.5 Å². The first-order chi connectivity index (χ1) is 17.5. The number of carbonyl (C=O) groups is 1. The van der Waals surface area contributed by atoms with Gasteiger partial charge in [-0.05, 0) is 44.5 Å². The maximum atomic E-state index is 11.8. The summed E-state index contributed by atoms with van der Waals surface area (Å²) in [6.45, 7) is 12.6. The van der Waals surface area contributed by atoms with Gasteiger partial charge in [0.2, 0.25) is 0 Å². The van der Waals surface area contributed by atoms with Gasteiger partial charge in [-0.3, -0.25) is 9.80 Å². The first-order valence-corrected chi connectivity index (χ1v) is 12.4. The lowest BCUT2D eigenvalue weighted by molar-refractivity contribution is -0.0110. The van der Waals surface area contributed by atoms with Crippen molar-refractivity contribution in [3.63, 3.8) is 0 Å². The number of primary amides is 1. The Morgan fingerprint density at radius 3 is 1.83 bits per heavy atom. The van der Waals surface area contributed by atoms with Crippen molar-refractivity contribution in [1.29, 1.82) is 0 Å². The van der Waals surface area contributed by atoms with Gasteiger partial charge in [0.15, 0.2) is 0 Å². The molecule has 0 saturated heterocycles. The fraction of sp³-hybridized carbons (Fsp3) is 0.640. The second kappa shape index (κ2) is 20.9. The molecule has 36 heavy (non-hydrogen) atoms. The smallest absolute Gasteiger partial charge is 0.250 e. The Kier molecular flexibility index (Phi) is 18.4. The highest BCUT2D eigenvalue weighted by Crippen LogP contribution is 2.24. The molecule has 0 radical (unpaired) electrons. The summed E-state index contributed by atoms with van der Waals surface area (Å²) >= 11 is 0. The third-order valence-corrected chi connectivity index (χ3v) is 4.89. The molecule has 0 saturated carbocycles. The third kappa shape index (κ3) is 14.3. The molecule has 0 heterocycles. The molecule has 0 fully saturated rings. The van der Waals surface area contributed by atoms with Crippen molar-refractivity contribution >= 4 is 17.3 Å². The minimum absolute atomic E-state index is 0.437. The van der Waals surface area contributed by atoms with E-state index in [2.05, 4.69) is 17.3 Å². The maximum absolute atomic E-state index is 11.8. The van der Waals surface area contributed by atoms with E-state index < -0.39 is 5.91 Å². The second-order valence-corrected chi connectivity index (χ2v) is 7.87. The zero-order chi connectivity index (χ0) is 26.4. The van der Waals surface area contributed by atoms with Crippen molar-refractivity contribution in [3.8, 4) is 0 Å². The molecule has 0 atom stereocenters. The van der Waals surface area contributed by atoms with E-state index in [1.165, 1.54) is 0 Å². The minimum atomic E-state index is -0.482. The first kappa shape index (κ1) is 31.8. The molecular weight excluding hydrogens is 466 g/mol. The second-order valence-electron chi connectivity index (χ2n) is 7.87. The number of allylic oxidation sites excluding steroid dienone is 1. The summed E-state index contributed by atoms with van der Waals surface area (Å²) in [4.78, 5) is 11.8. The van der Waals surface area contributed by atoms with Crippen LogP contribution < -0.4 is 27.2 Å². The van der Waals surface area contributed by atoms with E-state index in [0.29, 0.717) is 90.4 Å². The van der Waals surface area contributed by atoms with Crippen LogP contribution in [0.3, 0.4) is 0 Å². The van der Waals surface area contributed by atoms with Crippen LogP contribution in [0, 0.1) is 0 Å². The number of hydrazine groups is 1. The molecule has 0 aliphatic rings. The van der Waals surface area contributed by atoms with Crippen molar-refractivity contribution in [3.05, 3.63) is 36.0 Å². The van der Waals surface area contributed by atoms with E-state index in [-0.39, 0.29) is 0 Å². The monoisotopic (exact) mass is 511 g/mol. The van der Waals surface area contributed by atoms with Crippen molar-refractivity contribution in [2.75, 3.05) is 96.5 Å². The van der Waals surface area contributed by atoms with Crippen LogP contribution in [-0.2, 0) is 23.7 Å². The quantitative estimate of drug-likeness (QED) is 0.119. The molecule has 0 aliphatic heterocycles. The Morgan fingerprint density at radius 1 is 0.889 bits per heavy atom. The van der Waals surface area contributed by atoms with Crippen LogP contribution in [-0.4, -0.2) is 92.1 Å². The maximum Gasteiger partial charge on any atom is 0.250 e. The fourth-order valence-electron chi connectivity index (χ4n) is 3.14. The summed E-state index contributed by atoms with van der Waals surface area (Å²) in [6.07, 6.45) is 1.63. The first-order valence-electron chi connectivity index (χ1n) is 12.4. The summed E-state index contributed by atoms with van der Waals surface area (Å²) in [5.74, 6) is -0.482. The van der Waals surface area contributed by atoms with Crippen LogP contribution in [0.4, 0.5) is 11.4 Å². The van der Waals surface area contributed by atoms with E-state index in [4.69, 9.17) is 35.2 Å². The van der Waals surface area contributed by atoms with E-state index in [1.807, 2.05) is 24.1 Å². The standard InChI is InChI=1S/C25H45N5O6/c1-21(2)30(28-3)22-6-7-23(25(27)31)24(20-22)29-9-5-11-33-13-15-35-17-19-36-18-16-34-14-12-32-10-4-8-26/h6-7,20,28-29H,1,4-5,8-19,26H2,2-3H3,(H2,27,31). The fourth-order valence-corrected chi connectivity index (χ4v) is 3.14. The van der Waals surface area contributed by atoms with Crippen LogP contribution >= 0.6 is 0 Å². The van der Waals surface area contributed by atoms with Crippen LogP contribution in [0.2, 0.25) is 0 Å². The number of carbonyl (C=O) groups excluding carboxylic acids is 1. The topological polar surface area (TPSA) is 143 Å². The van der Waals surface area contributed by atoms with Crippen LogP contribution in [0.5, 0.6) is 0 Å². The average Bonchev–Trinajstić information content (AvgIpc) is 2.85. The Labute approximate surface area is 215 Å². The molecule has 11 nitrogen and oxygen atoms in total. The van der Waals surface area contributed by atoms with Crippen molar-refractivity contribution < 1.29 is 28.5 Å². The molecule has 6 N–H and O–H groups in total. The van der Waals surface area contributed by atoms with E-state index in [9.17, 15) is 4.79 Å². The highest BCUT2D eigenvalue weighted by atomic mass is 16.6. The van der Waals surface area contributed by atoms with Gasteiger partial charge in [-0.1, -0.05) is 6.58 Å². The molecule has 0 aliphatic carbocycles. The minimum Gasteiger partial charge on any atom is -0.384 e. The number of ether oxygens (including phenoxy) is 5. The molecule has 206 valence electrons. The number of anilines is 2. The zero-order valence-corrected chi connectivity index (χ0v) is 21.9. The lowest BCUT2D eigenvalue weighted by atomic mass is 10.1. The molecule has 1 rings (SSSR count). The zero-order valence-electron chi connectivity index (χ0n) is 21.9. The molecule has 1 aromatic carbocycles. The Bertz CT molecular complexity index is 737. The average molecular weight is 512 g/mol. The van der Waals surface area contributed by atoms with Gasteiger partial charge >= 0.3 is 0 Å². The van der Waals surface area contributed by atoms with Gasteiger partial charge in [0, 0.05) is 38.2 Å². The highest BCUT2D eigenvalue weighted by Gasteiger charge is 2.12. The number of rotatable bonds is 24. The molecule has 0 aromatic heterocycles. The molecule has 0 spiro atoms. The van der Waals surface area contributed by atoms with Crippen molar-refractivity contribution in [1.82, 2.24) is 5.43 Å². The van der Waals surface area contributed by atoms with Crippen molar-refractivity contribution in [2.45, 2.75) is 19.8 Å². The van der Waals surface area contributed by atoms with Gasteiger partial charge in [0.1, 0.15) is 0 Å². The summed E-state index contributed by atoms with van der Waals surface area (Å²) in [5.41, 5.74) is 16.8. The lowest BCUT2D eigenvalue weighted by Gasteiger charge is -2.24. The normalized spacial score (nSPS) is 11.0. The number of amides is 1. The van der Waals surface area contributed by atoms with Crippen molar-refractivity contribution in [2.24, 2.45) is 11.5 Å². The molecule has 0 unspecified atom stereocenters. The Morgan fingerprint density at radius 2 is 1.39 bits per heavy atom. The van der Waals surface area contributed by atoms with Gasteiger partial charge in [-0.15, -0.1) is 0 Å². The van der Waals surface area contributed by atoms with E-state index >= 15 is 0 Å². The number of nitrogens with two attached hydrogens (primary N) is 2. The highest BCUT2D eigenvalue weighted by molar-refractivity contribution is 5.99. The van der Waals surface area contributed by atoms with E-state index in [1.54, 1.807) is 13.1 Å². The van der Waals surface area contributed by atoms with Crippen LogP contribution in [0.15, 0.2) is 30.5 Å². The lowest BCUT2D eigenvalue weighted by Crippen LogP contribution is -2.32. The van der Waals surface area contributed by atoms with Crippen LogP contribution in [0.1, 0.15) is 30.1 Å². The summed E-state index contributed by atoms with van der Waals surface area (Å²) in [5, 5.41) is 5.09. The summed E-state index contributed by atoms with van der Waals surface area (Å²) in [6, 6.07) is 5.40. The predicted molar refractivity (Wildman–Crippen MR) is 142 cm³/mol. The number of nitrogens with one attached hydrogen (secondary N) is 2. The van der Waals surface area contributed by atoms with Gasteiger partial charge in [0.25, 0.3) is 5.91 Å². The molecule has 1 aromatic rings. The van der Waals surface area contributed by atoms with Crippen LogP contribution in [0.25, 0.3) is 0 Å². The number of benzene rings is 1. The number of nitrogens with zero attached hydrogens (tertiary/aromatic N) is 1. The Hall–Kier alpha value is -2.25. The summed E-state index contributed by atoms with van der Waals surface area (Å²) in [7, 11) is 1.80. The molecule has 11 heteroatoms. The van der Waals surface area contributed by atoms with Gasteiger partial charge in [-0.25, -0.2) is 5.43 Å². The molecular formula is C25H45N5O6. The number of hydrogen-bond donors (Lipinski definition) is 4. The Balaban J connectivity index is 2.06. The molecule has 0 bridgehead atoms. The SMILES string of the molecule is C=C(C)N(NC)c1ccc(C(N)=O)c(NCCCOCCOCCOCCOCCOCCCN)c1.